The highest BCUT2D eigenvalue weighted by Gasteiger charge is 2.34. The Hall–Kier alpha value is -2.50. The molecule has 2 atom stereocenters. The Morgan fingerprint density at radius 1 is 1.38 bits per heavy atom. The van der Waals surface area contributed by atoms with Crippen molar-refractivity contribution in [1.82, 2.24) is 0 Å². The van der Waals surface area contributed by atoms with Gasteiger partial charge < -0.3 is 4.52 Å². The minimum absolute atomic E-state index is 0.0449. The van der Waals surface area contributed by atoms with Crippen molar-refractivity contribution in [3.8, 4) is 5.75 Å². The fourth-order valence-corrected chi connectivity index (χ4v) is 3.85. The number of nitro groups is 1. The van der Waals surface area contributed by atoms with Crippen molar-refractivity contribution in [1.29, 1.82) is 0 Å². The van der Waals surface area contributed by atoms with E-state index in [1.54, 1.807) is 19.1 Å². The molecule has 0 bridgehead atoms. The Morgan fingerprint density at radius 3 is 2.62 bits per heavy atom. The molecule has 0 radical (unpaired) electrons. The fourth-order valence-electron chi connectivity index (χ4n) is 2.61. The van der Waals surface area contributed by atoms with Gasteiger partial charge in [-0.1, -0.05) is 24.8 Å². The molecule has 0 fully saturated rings. The molecule has 0 unspecified atom stereocenters. The van der Waals surface area contributed by atoms with E-state index in [0.29, 0.717) is 12.0 Å². The lowest BCUT2D eigenvalue weighted by Gasteiger charge is -2.20. The Kier molecular flexibility index (Phi) is 6.29. The standard InChI is InChI=1S/C18H20NO6P/c1-4-5-6-7-16-13(2)18(12-17(16)20)25-26(3,23)24-15-10-8-14(9-11-15)19(21)22/h4-6,8-11,18H,1,7,12H2,2-3H3/b6-5+/t18-,26-/m0/s1. The van der Waals surface area contributed by atoms with Gasteiger partial charge in [0.15, 0.2) is 5.78 Å². The Labute approximate surface area is 151 Å². The highest BCUT2D eigenvalue weighted by atomic mass is 31.2. The number of carbonyl (C=O) groups excluding carboxylic acids is 1. The van der Waals surface area contributed by atoms with Crippen LogP contribution in [0.4, 0.5) is 5.69 Å². The molecule has 0 saturated heterocycles. The van der Waals surface area contributed by atoms with Crippen LogP contribution in [0.25, 0.3) is 0 Å². The van der Waals surface area contributed by atoms with Gasteiger partial charge in [-0.15, -0.1) is 0 Å². The third-order valence-electron chi connectivity index (χ3n) is 3.90. The molecular formula is C18H20NO6P. The number of nitro benzene ring substituents is 1. The van der Waals surface area contributed by atoms with Crippen LogP contribution < -0.4 is 4.52 Å². The van der Waals surface area contributed by atoms with Gasteiger partial charge in [-0.05, 0) is 31.1 Å². The lowest BCUT2D eigenvalue weighted by Crippen LogP contribution is -2.12. The van der Waals surface area contributed by atoms with Gasteiger partial charge in [0.1, 0.15) is 5.75 Å². The number of carbonyl (C=O) groups is 1. The molecule has 1 aliphatic rings. The number of rotatable bonds is 8. The van der Waals surface area contributed by atoms with Crippen LogP contribution in [0.3, 0.4) is 0 Å². The lowest BCUT2D eigenvalue weighted by atomic mass is 10.1. The van der Waals surface area contributed by atoms with Gasteiger partial charge in [-0.2, -0.15) is 0 Å². The molecule has 0 aliphatic heterocycles. The van der Waals surface area contributed by atoms with Gasteiger partial charge in [-0.25, -0.2) is 4.57 Å². The number of hydrogen-bond donors (Lipinski definition) is 0. The van der Waals surface area contributed by atoms with E-state index in [2.05, 4.69) is 6.58 Å². The third-order valence-corrected chi connectivity index (χ3v) is 5.08. The number of nitrogens with zero attached hydrogens (tertiary/aromatic N) is 1. The first-order valence-corrected chi connectivity index (χ1v) is 9.93. The number of Topliss-reactive ketones (excluding diaryl/α,β-unsaturated/α-hetero) is 1. The molecule has 8 heteroatoms. The molecule has 1 aromatic carbocycles. The monoisotopic (exact) mass is 377 g/mol. The van der Waals surface area contributed by atoms with Gasteiger partial charge >= 0.3 is 7.60 Å². The zero-order chi connectivity index (χ0) is 19.3. The maximum atomic E-state index is 12.6. The summed E-state index contributed by atoms with van der Waals surface area (Å²) in [4.78, 5) is 22.3. The van der Waals surface area contributed by atoms with Crippen molar-refractivity contribution >= 4 is 19.1 Å². The van der Waals surface area contributed by atoms with Crippen molar-refractivity contribution < 1.29 is 23.3 Å². The van der Waals surface area contributed by atoms with E-state index in [9.17, 15) is 19.5 Å². The van der Waals surface area contributed by atoms with Crippen molar-refractivity contribution in [3.05, 3.63) is 70.3 Å². The van der Waals surface area contributed by atoms with Crippen molar-refractivity contribution in [2.45, 2.75) is 25.9 Å². The molecule has 26 heavy (non-hydrogen) atoms. The molecule has 1 aliphatic carbocycles. The lowest BCUT2D eigenvalue weighted by molar-refractivity contribution is -0.384. The summed E-state index contributed by atoms with van der Waals surface area (Å²) in [5, 5.41) is 10.7. The molecule has 0 aromatic heterocycles. The molecule has 2 rings (SSSR count). The predicted octanol–water partition coefficient (Wildman–Crippen LogP) is 4.60. The maximum Gasteiger partial charge on any atom is 0.376 e. The van der Waals surface area contributed by atoms with Crippen LogP contribution in [0, 0.1) is 10.1 Å². The topological polar surface area (TPSA) is 95.7 Å². The molecule has 0 heterocycles. The second-order valence-corrected chi connectivity index (χ2v) is 7.80. The summed E-state index contributed by atoms with van der Waals surface area (Å²) < 4.78 is 23.6. The molecule has 7 nitrogen and oxygen atoms in total. The second-order valence-electron chi connectivity index (χ2n) is 5.86. The third kappa shape index (κ3) is 5.00. The largest absolute Gasteiger partial charge is 0.425 e. The minimum atomic E-state index is -3.51. The second kappa shape index (κ2) is 8.25. The highest BCUT2D eigenvalue weighted by Crippen LogP contribution is 2.48. The first-order valence-electron chi connectivity index (χ1n) is 7.94. The van der Waals surface area contributed by atoms with Crippen LogP contribution >= 0.6 is 7.60 Å². The van der Waals surface area contributed by atoms with Crippen molar-refractivity contribution in [3.63, 3.8) is 0 Å². The van der Waals surface area contributed by atoms with Crippen LogP contribution in [-0.4, -0.2) is 23.5 Å². The Morgan fingerprint density at radius 2 is 2.04 bits per heavy atom. The van der Waals surface area contributed by atoms with E-state index in [1.165, 1.54) is 30.9 Å². The summed E-state index contributed by atoms with van der Waals surface area (Å²) in [6.07, 6.45) is 5.18. The Bertz CT molecular complexity index is 825. The van der Waals surface area contributed by atoms with Gasteiger partial charge in [0.25, 0.3) is 5.69 Å². The van der Waals surface area contributed by atoms with E-state index >= 15 is 0 Å². The number of allylic oxidation sites excluding steroid dienone is 4. The maximum absolute atomic E-state index is 12.6. The minimum Gasteiger partial charge on any atom is -0.425 e. The van der Waals surface area contributed by atoms with Crippen molar-refractivity contribution in [2.75, 3.05) is 6.66 Å². The molecule has 0 spiro atoms. The van der Waals surface area contributed by atoms with Crippen LogP contribution in [0.5, 0.6) is 5.75 Å². The number of ketones is 1. The molecule has 0 saturated carbocycles. The average Bonchev–Trinajstić information content (AvgIpc) is 2.81. The smallest absolute Gasteiger partial charge is 0.376 e. The quantitative estimate of drug-likeness (QED) is 0.284. The number of hydrogen-bond acceptors (Lipinski definition) is 6. The molecule has 0 amide bonds. The van der Waals surface area contributed by atoms with Crippen LogP contribution in [0.1, 0.15) is 19.8 Å². The Balaban J connectivity index is 2.07. The van der Waals surface area contributed by atoms with Crippen LogP contribution in [-0.2, 0) is 13.9 Å². The van der Waals surface area contributed by atoms with Crippen LogP contribution in [0.2, 0.25) is 0 Å². The van der Waals surface area contributed by atoms with Gasteiger partial charge in [-0.3, -0.25) is 19.4 Å². The summed E-state index contributed by atoms with van der Waals surface area (Å²) in [5.41, 5.74) is 1.28. The molecule has 138 valence electrons. The zero-order valence-electron chi connectivity index (χ0n) is 14.6. The summed E-state index contributed by atoms with van der Waals surface area (Å²) in [5.74, 6) is 0.151. The normalized spacial score (nSPS) is 19.6. The summed E-state index contributed by atoms with van der Waals surface area (Å²) >= 11 is 0. The summed E-state index contributed by atoms with van der Waals surface area (Å²) in [6, 6.07) is 5.21. The van der Waals surface area contributed by atoms with E-state index in [-0.39, 0.29) is 23.6 Å². The van der Waals surface area contributed by atoms with E-state index in [4.69, 9.17) is 9.05 Å². The van der Waals surface area contributed by atoms with Crippen LogP contribution in [0.15, 0.2) is 60.2 Å². The predicted molar refractivity (Wildman–Crippen MR) is 98.4 cm³/mol. The molecular weight excluding hydrogens is 357 g/mol. The van der Waals surface area contributed by atoms with Gasteiger partial charge in [0, 0.05) is 30.8 Å². The molecule has 0 N–H and O–H groups in total. The first-order chi connectivity index (χ1) is 12.2. The van der Waals surface area contributed by atoms with E-state index < -0.39 is 18.6 Å². The fraction of sp³-hybridized carbons (Fsp3) is 0.278. The molecule has 1 aromatic rings. The SMILES string of the molecule is C=C/C=C/CC1=C(C)[C@@H](O[P@@](C)(=O)Oc2ccc([N+](=O)[O-])cc2)CC1=O. The van der Waals surface area contributed by atoms with E-state index in [1.807, 2.05) is 6.08 Å². The highest BCUT2D eigenvalue weighted by molar-refractivity contribution is 7.53. The van der Waals surface area contributed by atoms with Crippen molar-refractivity contribution in [2.24, 2.45) is 0 Å². The van der Waals surface area contributed by atoms with E-state index in [0.717, 1.165) is 5.57 Å². The first kappa shape index (κ1) is 19.8. The average molecular weight is 377 g/mol. The zero-order valence-corrected chi connectivity index (χ0v) is 15.5. The van der Waals surface area contributed by atoms with Gasteiger partial charge in [0.05, 0.1) is 11.0 Å². The number of benzene rings is 1. The summed E-state index contributed by atoms with van der Waals surface area (Å²) in [7, 11) is -3.51. The van der Waals surface area contributed by atoms with Gasteiger partial charge in [0.2, 0.25) is 0 Å². The number of non-ortho nitro benzene ring substituents is 1. The summed E-state index contributed by atoms with van der Waals surface area (Å²) in [6.45, 7) is 6.66.